The Morgan fingerprint density at radius 2 is 1.69 bits per heavy atom. The number of aryl methyl sites for hydroxylation is 1. The largest absolute Gasteiger partial charge is 0.346 e. The zero-order chi connectivity index (χ0) is 20.6. The minimum atomic E-state index is 0.104. The number of rotatable bonds is 4. The number of hydrazine groups is 1. The van der Waals surface area contributed by atoms with Crippen molar-refractivity contribution < 1.29 is 0 Å². The highest BCUT2D eigenvalue weighted by molar-refractivity contribution is 5.80. The molecule has 0 aliphatic rings. The molecule has 0 radical (unpaired) electrons. The van der Waals surface area contributed by atoms with Crippen LogP contribution in [0, 0.1) is 6.92 Å². The summed E-state index contributed by atoms with van der Waals surface area (Å²) in [7, 11) is 0. The first-order valence-corrected chi connectivity index (χ1v) is 9.70. The van der Waals surface area contributed by atoms with Gasteiger partial charge >= 0.3 is 0 Å². The van der Waals surface area contributed by atoms with Crippen LogP contribution in [-0.2, 0) is 11.8 Å². The molecule has 0 fully saturated rings. The molecule has 4 aromatic rings. The molecule has 3 heterocycles. The summed E-state index contributed by atoms with van der Waals surface area (Å²) < 4.78 is 0. The third kappa shape index (κ3) is 3.98. The van der Waals surface area contributed by atoms with E-state index in [0.29, 0.717) is 5.95 Å². The summed E-state index contributed by atoms with van der Waals surface area (Å²) in [4.78, 5) is 16.6. The van der Waals surface area contributed by atoms with Crippen LogP contribution in [-0.4, -0.2) is 19.9 Å². The van der Waals surface area contributed by atoms with E-state index >= 15 is 0 Å². The quantitative estimate of drug-likeness (QED) is 0.397. The van der Waals surface area contributed by atoms with Crippen LogP contribution in [0.15, 0.2) is 55.1 Å². The van der Waals surface area contributed by atoms with Gasteiger partial charge in [0.05, 0.1) is 5.69 Å². The molecule has 0 atom stereocenters. The van der Waals surface area contributed by atoms with E-state index in [2.05, 4.69) is 58.9 Å². The molecule has 0 unspecified atom stereocenters. The number of nitrogens with one attached hydrogen (secondary N) is 1. The van der Waals surface area contributed by atoms with E-state index in [-0.39, 0.29) is 5.41 Å². The number of benzene rings is 1. The normalized spacial score (nSPS) is 11.8. The van der Waals surface area contributed by atoms with Crippen molar-refractivity contribution in [2.24, 2.45) is 5.84 Å². The van der Waals surface area contributed by atoms with Crippen LogP contribution in [0.4, 0.5) is 11.6 Å². The highest BCUT2D eigenvalue weighted by Gasteiger charge is 2.15. The number of hydrogen-bond acceptors (Lipinski definition) is 5. The van der Waals surface area contributed by atoms with Crippen LogP contribution in [0.3, 0.4) is 0 Å². The first kappa shape index (κ1) is 19.1. The van der Waals surface area contributed by atoms with Gasteiger partial charge in [-0.3, -0.25) is 0 Å². The number of aromatic amines is 1. The second kappa shape index (κ2) is 7.29. The highest BCUT2D eigenvalue weighted by Crippen LogP contribution is 2.26. The first-order chi connectivity index (χ1) is 13.8. The molecule has 3 aromatic heterocycles. The van der Waals surface area contributed by atoms with E-state index in [4.69, 9.17) is 5.84 Å². The lowest BCUT2D eigenvalue weighted by Gasteiger charge is -2.21. The Labute approximate surface area is 170 Å². The number of hydrogen-bond donors (Lipinski definition) is 2. The summed E-state index contributed by atoms with van der Waals surface area (Å²) in [5.74, 6) is 6.71. The second-order valence-electron chi connectivity index (χ2n) is 8.46. The topological polar surface area (TPSA) is 83.7 Å². The van der Waals surface area contributed by atoms with E-state index in [1.54, 1.807) is 0 Å². The fraction of sp³-hybridized carbons (Fsp3) is 0.261. The maximum absolute atomic E-state index is 6.25. The van der Waals surface area contributed by atoms with Crippen molar-refractivity contribution in [2.45, 2.75) is 39.5 Å². The Morgan fingerprint density at radius 3 is 2.34 bits per heavy atom. The van der Waals surface area contributed by atoms with Gasteiger partial charge in [-0.2, -0.15) is 0 Å². The van der Waals surface area contributed by atoms with Crippen LogP contribution in [0.2, 0.25) is 0 Å². The van der Waals surface area contributed by atoms with Crippen LogP contribution < -0.4 is 10.9 Å². The molecular formula is C23H26N6. The number of fused-ring (bicyclic) bond motifs is 1. The van der Waals surface area contributed by atoms with Crippen LogP contribution in [0.25, 0.3) is 11.0 Å². The zero-order valence-corrected chi connectivity index (χ0v) is 17.3. The van der Waals surface area contributed by atoms with Gasteiger partial charge < -0.3 is 4.98 Å². The molecule has 0 aliphatic heterocycles. The van der Waals surface area contributed by atoms with Gasteiger partial charge in [0.25, 0.3) is 0 Å². The second-order valence-corrected chi connectivity index (χ2v) is 8.46. The lowest BCUT2D eigenvalue weighted by molar-refractivity contribution is 0.590. The number of anilines is 2. The van der Waals surface area contributed by atoms with E-state index in [1.165, 1.54) is 16.1 Å². The maximum Gasteiger partial charge on any atom is 0.244 e. The van der Waals surface area contributed by atoms with E-state index in [1.807, 2.05) is 43.8 Å². The summed E-state index contributed by atoms with van der Waals surface area (Å²) in [6, 6.07) is 10.3. The van der Waals surface area contributed by atoms with Gasteiger partial charge in [-0.15, -0.1) is 0 Å². The third-order valence-corrected chi connectivity index (χ3v) is 5.07. The lowest BCUT2D eigenvalue weighted by Crippen LogP contribution is -2.27. The monoisotopic (exact) mass is 386 g/mol. The minimum Gasteiger partial charge on any atom is -0.346 e. The van der Waals surface area contributed by atoms with Gasteiger partial charge in [-0.1, -0.05) is 32.9 Å². The van der Waals surface area contributed by atoms with Crippen LogP contribution in [0.5, 0.6) is 0 Å². The lowest BCUT2D eigenvalue weighted by atomic mass is 9.87. The number of nitrogens with two attached hydrogens (primary N) is 1. The third-order valence-electron chi connectivity index (χ3n) is 5.07. The Bertz CT molecular complexity index is 1120. The van der Waals surface area contributed by atoms with Gasteiger partial charge in [0.2, 0.25) is 5.95 Å². The summed E-state index contributed by atoms with van der Waals surface area (Å²) in [6.07, 6.45) is 8.25. The Hall–Kier alpha value is -3.25. The molecule has 1 aromatic carbocycles. The molecule has 0 saturated heterocycles. The highest BCUT2D eigenvalue weighted by atomic mass is 15.5. The summed E-state index contributed by atoms with van der Waals surface area (Å²) in [5, 5.41) is 2.64. The average molecular weight is 387 g/mol. The number of nitrogens with zero attached hydrogens (tertiary/aromatic N) is 4. The van der Waals surface area contributed by atoms with Crippen molar-refractivity contribution in [3.63, 3.8) is 0 Å². The zero-order valence-electron chi connectivity index (χ0n) is 17.3. The number of aromatic nitrogens is 4. The molecule has 0 bridgehead atoms. The maximum atomic E-state index is 6.25. The molecule has 4 rings (SSSR count). The molecule has 3 N–H and O–H groups in total. The molecule has 148 valence electrons. The van der Waals surface area contributed by atoms with Crippen molar-refractivity contribution in [2.75, 3.05) is 5.01 Å². The Morgan fingerprint density at radius 1 is 1.00 bits per heavy atom. The first-order valence-electron chi connectivity index (χ1n) is 9.70. The van der Waals surface area contributed by atoms with Gasteiger partial charge in [-0.25, -0.2) is 25.8 Å². The average Bonchev–Trinajstić information content (AvgIpc) is 3.09. The fourth-order valence-corrected chi connectivity index (χ4v) is 3.33. The number of pyridine rings is 1. The Balaban J connectivity index is 1.52. The summed E-state index contributed by atoms with van der Waals surface area (Å²) >= 11 is 0. The van der Waals surface area contributed by atoms with Crippen molar-refractivity contribution >= 4 is 22.7 Å². The predicted molar refractivity (Wildman–Crippen MR) is 117 cm³/mol. The van der Waals surface area contributed by atoms with Crippen LogP contribution >= 0.6 is 0 Å². The Kier molecular flexibility index (Phi) is 4.80. The van der Waals surface area contributed by atoms with E-state index in [0.717, 1.165) is 34.3 Å². The molecule has 29 heavy (non-hydrogen) atoms. The minimum absolute atomic E-state index is 0.104. The molecule has 0 spiro atoms. The van der Waals surface area contributed by atoms with E-state index in [9.17, 15) is 0 Å². The molecule has 0 saturated carbocycles. The van der Waals surface area contributed by atoms with Gasteiger partial charge in [0, 0.05) is 36.6 Å². The molecule has 0 aliphatic carbocycles. The van der Waals surface area contributed by atoms with Crippen molar-refractivity contribution in [3.05, 3.63) is 77.4 Å². The van der Waals surface area contributed by atoms with E-state index < -0.39 is 0 Å². The van der Waals surface area contributed by atoms with Crippen molar-refractivity contribution in [1.29, 1.82) is 0 Å². The SMILES string of the molecule is Cc1cnc2[nH]cc(Cc3cnc(N(N)c4ccc(C(C)(C)C)cc4)nc3)c2c1. The molecule has 6 nitrogen and oxygen atoms in total. The molecule has 0 amide bonds. The summed E-state index contributed by atoms with van der Waals surface area (Å²) in [6.45, 7) is 8.62. The predicted octanol–water partition coefficient (Wildman–Crippen LogP) is 4.56. The smallest absolute Gasteiger partial charge is 0.244 e. The molecular weight excluding hydrogens is 360 g/mol. The van der Waals surface area contributed by atoms with Gasteiger partial charge in [-0.05, 0) is 52.8 Å². The van der Waals surface area contributed by atoms with Gasteiger partial charge in [0.15, 0.2) is 0 Å². The fourth-order valence-electron chi connectivity index (χ4n) is 3.33. The van der Waals surface area contributed by atoms with Crippen molar-refractivity contribution in [3.8, 4) is 0 Å². The molecule has 6 heteroatoms. The summed E-state index contributed by atoms with van der Waals surface area (Å²) in [5.41, 5.74) is 6.45. The number of H-pyrrole nitrogens is 1. The van der Waals surface area contributed by atoms with Crippen LogP contribution in [0.1, 0.15) is 43.0 Å². The standard InChI is InChI=1S/C23H26N6/c1-15-9-20-17(14-26-21(20)25-11-15)10-16-12-27-22(28-13-16)29(24)19-7-5-18(6-8-19)23(2,3)4/h5-9,11-14H,10,24H2,1-4H3,(H,25,26). The van der Waals surface area contributed by atoms with Gasteiger partial charge in [0.1, 0.15) is 5.65 Å². The van der Waals surface area contributed by atoms with Crippen molar-refractivity contribution in [1.82, 2.24) is 19.9 Å².